The van der Waals surface area contributed by atoms with Gasteiger partial charge < -0.3 is 10.4 Å². The number of anilines is 1. The number of nitro groups is 1. The van der Waals surface area contributed by atoms with Crippen LogP contribution in [0.2, 0.25) is 0 Å². The van der Waals surface area contributed by atoms with E-state index in [2.05, 4.69) is 5.32 Å². The van der Waals surface area contributed by atoms with E-state index < -0.39 is 16.7 Å². The molecule has 0 amide bonds. The Morgan fingerprint density at radius 3 is 2.53 bits per heavy atom. The molecule has 0 saturated heterocycles. The molecule has 96 valence electrons. The third-order valence-electron chi connectivity index (χ3n) is 2.64. The number of benzene rings is 1. The molecule has 19 heavy (non-hydrogen) atoms. The van der Waals surface area contributed by atoms with Crippen molar-refractivity contribution >= 4 is 11.6 Å². The summed E-state index contributed by atoms with van der Waals surface area (Å²) < 4.78 is 0. The highest BCUT2D eigenvalue weighted by Gasteiger charge is 2.35. The van der Waals surface area contributed by atoms with Crippen LogP contribution in [0.15, 0.2) is 59.5 Å². The number of rotatable bonds is 3. The SMILES string of the molecule is O=C=C1C=CC(Nc2ccccc2)=C(O)C1[N+](=O)[O-]. The second-order valence-corrected chi connectivity index (χ2v) is 3.87. The van der Waals surface area contributed by atoms with E-state index in [4.69, 9.17) is 0 Å². The van der Waals surface area contributed by atoms with Crippen LogP contribution in [0.25, 0.3) is 0 Å². The number of hydrogen-bond acceptors (Lipinski definition) is 5. The van der Waals surface area contributed by atoms with E-state index in [0.717, 1.165) is 0 Å². The normalized spacial score (nSPS) is 18.1. The number of nitrogens with zero attached hydrogens (tertiary/aromatic N) is 1. The first kappa shape index (κ1) is 12.6. The Morgan fingerprint density at radius 1 is 1.26 bits per heavy atom. The average Bonchev–Trinajstić information content (AvgIpc) is 2.41. The molecule has 0 fully saturated rings. The van der Waals surface area contributed by atoms with E-state index in [9.17, 15) is 20.0 Å². The van der Waals surface area contributed by atoms with Crippen molar-refractivity contribution in [3.63, 3.8) is 0 Å². The molecule has 1 aliphatic rings. The Kier molecular flexibility index (Phi) is 3.45. The van der Waals surface area contributed by atoms with Gasteiger partial charge in [0.05, 0.1) is 5.70 Å². The number of carbonyl (C=O) groups excluding carboxylic acids is 1. The fourth-order valence-electron chi connectivity index (χ4n) is 1.73. The van der Waals surface area contributed by atoms with Gasteiger partial charge in [0.15, 0.2) is 5.76 Å². The highest BCUT2D eigenvalue weighted by atomic mass is 16.6. The maximum absolute atomic E-state index is 10.9. The van der Waals surface area contributed by atoms with Crippen molar-refractivity contribution < 1.29 is 14.8 Å². The summed E-state index contributed by atoms with van der Waals surface area (Å²) in [4.78, 5) is 20.8. The topological polar surface area (TPSA) is 92.5 Å². The first-order chi connectivity index (χ1) is 9.13. The van der Waals surface area contributed by atoms with E-state index in [1.807, 2.05) is 6.07 Å². The fraction of sp³-hybridized carbons (Fsp3) is 0.0769. The Balaban J connectivity index is 2.35. The van der Waals surface area contributed by atoms with Crippen LogP contribution < -0.4 is 5.32 Å². The fourth-order valence-corrected chi connectivity index (χ4v) is 1.73. The van der Waals surface area contributed by atoms with Gasteiger partial charge in [-0.05, 0) is 24.3 Å². The minimum atomic E-state index is -1.58. The number of para-hydroxylation sites is 1. The summed E-state index contributed by atoms with van der Waals surface area (Å²) in [7, 11) is 0. The van der Waals surface area contributed by atoms with Crippen molar-refractivity contribution in [1.29, 1.82) is 0 Å². The van der Waals surface area contributed by atoms with Crippen molar-refractivity contribution in [3.8, 4) is 0 Å². The van der Waals surface area contributed by atoms with Crippen LogP contribution >= 0.6 is 0 Å². The molecule has 2 rings (SSSR count). The Labute approximate surface area is 108 Å². The smallest absolute Gasteiger partial charge is 0.306 e. The summed E-state index contributed by atoms with van der Waals surface area (Å²) >= 11 is 0. The van der Waals surface area contributed by atoms with Gasteiger partial charge in [0, 0.05) is 10.6 Å². The number of hydrogen-bond donors (Lipinski definition) is 2. The predicted octanol–water partition coefficient (Wildman–Crippen LogP) is 1.84. The lowest BCUT2D eigenvalue weighted by Crippen LogP contribution is -2.28. The van der Waals surface area contributed by atoms with Gasteiger partial charge in [-0.25, -0.2) is 4.79 Å². The maximum atomic E-state index is 10.9. The van der Waals surface area contributed by atoms with E-state index in [-0.39, 0.29) is 11.3 Å². The zero-order valence-corrected chi connectivity index (χ0v) is 9.74. The van der Waals surface area contributed by atoms with Crippen LogP contribution in [-0.2, 0) is 4.79 Å². The van der Waals surface area contributed by atoms with Crippen LogP contribution in [0.3, 0.4) is 0 Å². The van der Waals surface area contributed by atoms with Gasteiger partial charge in [-0.2, -0.15) is 0 Å². The van der Waals surface area contributed by atoms with Gasteiger partial charge in [-0.1, -0.05) is 18.2 Å². The minimum absolute atomic E-state index is 0.187. The standard InChI is InChI=1S/C13H10N2O4/c16-8-9-6-7-11(13(17)12(9)15(18)19)14-10-4-2-1-3-5-10/h1-7,12,14,17H. The van der Waals surface area contributed by atoms with Crippen LogP contribution in [-0.4, -0.2) is 22.0 Å². The van der Waals surface area contributed by atoms with Crippen molar-refractivity contribution in [2.24, 2.45) is 0 Å². The molecule has 0 saturated carbocycles. The molecule has 0 aromatic heterocycles. The summed E-state index contributed by atoms with van der Waals surface area (Å²) in [6.07, 6.45) is 2.67. The molecule has 0 bridgehead atoms. The molecule has 1 aliphatic carbocycles. The highest BCUT2D eigenvalue weighted by molar-refractivity contribution is 5.65. The van der Waals surface area contributed by atoms with Gasteiger partial charge in [-0.15, -0.1) is 0 Å². The van der Waals surface area contributed by atoms with Crippen molar-refractivity contribution in [2.75, 3.05) is 5.32 Å². The number of aliphatic hydroxyl groups excluding tert-OH is 1. The lowest BCUT2D eigenvalue weighted by molar-refractivity contribution is -0.505. The van der Waals surface area contributed by atoms with Crippen molar-refractivity contribution in [3.05, 3.63) is 69.6 Å². The Hall–Kier alpha value is -2.85. The lowest BCUT2D eigenvalue weighted by Gasteiger charge is -2.16. The van der Waals surface area contributed by atoms with Crippen LogP contribution in [0.5, 0.6) is 0 Å². The summed E-state index contributed by atoms with van der Waals surface area (Å²) in [6.45, 7) is 0. The number of aliphatic hydroxyl groups is 1. The maximum Gasteiger partial charge on any atom is 0.306 e. The van der Waals surface area contributed by atoms with Crippen LogP contribution in [0.1, 0.15) is 0 Å². The average molecular weight is 258 g/mol. The lowest BCUT2D eigenvalue weighted by atomic mass is 10.00. The molecule has 1 aromatic carbocycles. The van der Waals surface area contributed by atoms with Gasteiger partial charge in [0.2, 0.25) is 0 Å². The third kappa shape index (κ3) is 2.53. The molecule has 1 unspecified atom stereocenters. The summed E-state index contributed by atoms with van der Waals surface area (Å²) in [5.74, 6) is 0.962. The van der Waals surface area contributed by atoms with Gasteiger partial charge in [0.25, 0.3) is 0 Å². The zero-order chi connectivity index (χ0) is 13.8. The van der Waals surface area contributed by atoms with Gasteiger partial charge in [-0.3, -0.25) is 10.1 Å². The number of nitrogens with one attached hydrogen (secondary N) is 1. The quantitative estimate of drug-likeness (QED) is 0.490. The largest absolute Gasteiger partial charge is 0.504 e. The third-order valence-corrected chi connectivity index (χ3v) is 2.64. The minimum Gasteiger partial charge on any atom is -0.504 e. The van der Waals surface area contributed by atoms with Crippen molar-refractivity contribution in [2.45, 2.75) is 6.04 Å². The molecule has 1 aromatic rings. The van der Waals surface area contributed by atoms with E-state index in [1.165, 1.54) is 18.1 Å². The molecular weight excluding hydrogens is 248 g/mol. The van der Waals surface area contributed by atoms with Gasteiger partial charge in [0.1, 0.15) is 11.5 Å². The highest BCUT2D eigenvalue weighted by Crippen LogP contribution is 2.24. The molecule has 0 radical (unpaired) electrons. The molecule has 0 spiro atoms. The van der Waals surface area contributed by atoms with Gasteiger partial charge >= 0.3 is 6.04 Å². The van der Waals surface area contributed by atoms with E-state index in [0.29, 0.717) is 5.69 Å². The predicted molar refractivity (Wildman–Crippen MR) is 68.8 cm³/mol. The summed E-state index contributed by atoms with van der Waals surface area (Å²) in [5.41, 5.74) is 0.655. The first-order valence-corrected chi connectivity index (χ1v) is 5.45. The van der Waals surface area contributed by atoms with Crippen LogP contribution in [0.4, 0.5) is 5.69 Å². The summed E-state index contributed by atoms with van der Waals surface area (Å²) in [6, 6.07) is 7.32. The Morgan fingerprint density at radius 2 is 1.95 bits per heavy atom. The molecule has 1 atom stereocenters. The molecule has 2 N–H and O–H groups in total. The van der Waals surface area contributed by atoms with Crippen LogP contribution in [0, 0.1) is 10.1 Å². The Bertz CT molecular complexity index is 613. The molecule has 6 heteroatoms. The second-order valence-electron chi connectivity index (χ2n) is 3.87. The molecule has 0 aliphatic heterocycles. The van der Waals surface area contributed by atoms with E-state index >= 15 is 0 Å². The first-order valence-electron chi connectivity index (χ1n) is 5.45. The van der Waals surface area contributed by atoms with E-state index in [1.54, 1.807) is 24.3 Å². The summed E-state index contributed by atoms with van der Waals surface area (Å²) in [5, 5.41) is 23.6. The monoisotopic (exact) mass is 258 g/mol. The molecule has 0 heterocycles. The zero-order valence-electron chi connectivity index (χ0n) is 9.74. The van der Waals surface area contributed by atoms with Crippen molar-refractivity contribution in [1.82, 2.24) is 0 Å². The number of allylic oxidation sites excluding steroid dienone is 1. The second kappa shape index (κ2) is 5.20. The molecular formula is C13H10N2O4. The molecule has 6 nitrogen and oxygen atoms in total.